The molecule has 1 heterocycles. The monoisotopic (exact) mass is 324 g/mol. The number of benzene rings is 1. The molecule has 0 bridgehead atoms. The van der Waals surface area contributed by atoms with Crippen molar-refractivity contribution in [1.82, 2.24) is 9.55 Å². The van der Waals surface area contributed by atoms with E-state index < -0.39 is 0 Å². The van der Waals surface area contributed by atoms with Gasteiger partial charge in [0.15, 0.2) is 0 Å². The first-order chi connectivity index (χ1) is 11.2. The summed E-state index contributed by atoms with van der Waals surface area (Å²) in [5.74, 6) is 1.14. The Morgan fingerprint density at radius 3 is 2.39 bits per heavy atom. The Balaban J connectivity index is 2.04. The van der Waals surface area contributed by atoms with Crippen molar-refractivity contribution in [3.05, 3.63) is 40.8 Å². The minimum atomic E-state index is -0.0875. The van der Waals surface area contributed by atoms with Gasteiger partial charge in [-0.3, -0.25) is 0 Å². The highest BCUT2D eigenvalue weighted by Crippen LogP contribution is 2.45. The van der Waals surface area contributed by atoms with Crippen LogP contribution in [0, 0.1) is 22.7 Å². The molecule has 0 aliphatic heterocycles. The van der Waals surface area contributed by atoms with E-state index in [1.807, 2.05) is 11.5 Å². The van der Waals surface area contributed by atoms with E-state index in [2.05, 4.69) is 17.1 Å². The number of hydrogen-bond acceptors (Lipinski definition) is 5. The van der Waals surface area contributed by atoms with Crippen molar-refractivity contribution in [2.75, 3.05) is 0 Å². The maximum absolute atomic E-state index is 9.54. The lowest BCUT2D eigenvalue weighted by Crippen LogP contribution is -2.02. The van der Waals surface area contributed by atoms with Crippen LogP contribution in [0.25, 0.3) is 0 Å². The molecule has 116 valence electrons. The molecule has 23 heavy (non-hydrogen) atoms. The number of aliphatic hydroxyl groups excluding tert-OH is 1. The van der Waals surface area contributed by atoms with Gasteiger partial charge in [-0.15, -0.1) is 0 Å². The first kappa shape index (κ1) is 15.6. The van der Waals surface area contributed by atoms with Gasteiger partial charge in [0.2, 0.25) is 0 Å². The van der Waals surface area contributed by atoms with Gasteiger partial charge in [-0.25, -0.2) is 4.98 Å². The fraction of sp³-hybridized carbons (Fsp3) is 0.353. The molecule has 0 saturated heterocycles. The predicted molar refractivity (Wildman–Crippen MR) is 85.8 cm³/mol. The Labute approximate surface area is 139 Å². The summed E-state index contributed by atoms with van der Waals surface area (Å²) in [6.07, 6.45) is 2.25. The van der Waals surface area contributed by atoms with Crippen molar-refractivity contribution < 1.29 is 5.11 Å². The van der Waals surface area contributed by atoms with Crippen molar-refractivity contribution in [3.8, 4) is 12.1 Å². The SMILES string of the molecule is CCn1c(CO)nc(C2CC2)c1Sc1cc(C#N)cc(C#N)c1. The van der Waals surface area contributed by atoms with E-state index in [1.54, 1.807) is 18.2 Å². The third-order valence-corrected chi connectivity index (χ3v) is 4.92. The molecule has 0 atom stereocenters. The zero-order valence-corrected chi connectivity index (χ0v) is 13.6. The van der Waals surface area contributed by atoms with E-state index in [0.717, 1.165) is 35.0 Å². The molecule has 1 saturated carbocycles. The zero-order chi connectivity index (χ0) is 16.4. The van der Waals surface area contributed by atoms with Crippen molar-refractivity contribution in [2.45, 2.75) is 48.8 Å². The fourth-order valence-corrected chi connectivity index (χ4v) is 3.83. The van der Waals surface area contributed by atoms with Crippen LogP contribution in [-0.2, 0) is 13.2 Å². The number of aromatic nitrogens is 2. The van der Waals surface area contributed by atoms with Crippen LogP contribution in [0.4, 0.5) is 0 Å². The number of rotatable bonds is 5. The van der Waals surface area contributed by atoms with Gasteiger partial charge in [-0.05, 0) is 38.0 Å². The molecule has 0 radical (unpaired) electrons. The molecule has 6 heteroatoms. The molecular formula is C17H16N4OS. The molecule has 1 aliphatic rings. The van der Waals surface area contributed by atoms with Crippen LogP contribution >= 0.6 is 11.8 Å². The molecule has 0 unspecified atom stereocenters. The Kier molecular flexibility index (Phi) is 4.38. The molecule has 0 spiro atoms. The lowest BCUT2D eigenvalue weighted by molar-refractivity contribution is 0.264. The van der Waals surface area contributed by atoms with Crippen LogP contribution < -0.4 is 0 Å². The second kappa shape index (κ2) is 6.45. The number of nitrogens with zero attached hydrogens (tertiary/aromatic N) is 4. The van der Waals surface area contributed by atoms with Crippen LogP contribution in [0.1, 0.15) is 48.3 Å². The molecule has 3 rings (SSSR count). The van der Waals surface area contributed by atoms with Crippen molar-refractivity contribution in [2.24, 2.45) is 0 Å². The Hall–Kier alpha value is -2.28. The third kappa shape index (κ3) is 3.10. The molecular weight excluding hydrogens is 308 g/mol. The highest BCUT2D eigenvalue weighted by Gasteiger charge is 2.31. The van der Waals surface area contributed by atoms with E-state index in [1.165, 1.54) is 11.8 Å². The number of aliphatic hydroxyl groups is 1. The Morgan fingerprint density at radius 2 is 1.91 bits per heavy atom. The highest BCUT2D eigenvalue weighted by atomic mass is 32.2. The first-order valence-corrected chi connectivity index (χ1v) is 8.35. The summed E-state index contributed by atoms with van der Waals surface area (Å²) >= 11 is 1.52. The van der Waals surface area contributed by atoms with Crippen LogP contribution in [0.2, 0.25) is 0 Å². The van der Waals surface area contributed by atoms with Crippen LogP contribution in [0.3, 0.4) is 0 Å². The third-order valence-electron chi connectivity index (χ3n) is 3.83. The van der Waals surface area contributed by atoms with Crippen LogP contribution in [0.15, 0.2) is 28.1 Å². The van der Waals surface area contributed by atoms with Crippen molar-refractivity contribution in [1.29, 1.82) is 10.5 Å². The van der Waals surface area contributed by atoms with Gasteiger partial charge < -0.3 is 9.67 Å². The molecule has 2 aromatic rings. The zero-order valence-electron chi connectivity index (χ0n) is 12.8. The lowest BCUT2D eigenvalue weighted by atomic mass is 10.1. The van der Waals surface area contributed by atoms with E-state index in [9.17, 15) is 5.11 Å². The average Bonchev–Trinajstić information content (AvgIpc) is 3.36. The van der Waals surface area contributed by atoms with Crippen molar-refractivity contribution >= 4 is 11.8 Å². The van der Waals surface area contributed by atoms with E-state index in [4.69, 9.17) is 10.5 Å². The largest absolute Gasteiger partial charge is 0.388 e. The van der Waals surface area contributed by atoms with Crippen LogP contribution in [0.5, 0.6) is 0 Å². The molecule has 1 fully saturated rings. The molecule has 1 N–H and O–H groups in total. The maximum Gasteiger partial charge on any atom is 0.135 e. The molecule has 1 aliphatic carbocycles. The van der Waals surface area contributed by atoms with Crippen LogP contribution in [-0.4, -0.2) is 14.7 Å². The standard InChI is InChI=1S/C17H16N4OS/c1-2-21-15(10-22)20-16(13-3-4-13)17(21)23-14-6-11(8-18)5-12(7-14)9-19/h5-7,13,22H,2-4,10H2,1H3. The van der Waals surface area contributed by atoms with Gasteiger partial charge in [0.1, 0.15) is 17.5 Å². The Morgan fingerprint density at radius 1 is 1.26 bits per heavy atom. The summed E-state index contributed by atoms with van der Waals surface area (Å²) in [5, 5.41) is 28.8. The maximum atomic E-state index is 9.54. The second-order valence-electron chi connectivity index (χ2n) is 5.47. The van der Waals surface area contributed by atoms with E-state index >= 15 is 0 Å². The van der Waals surface area contributed by atoms with Gasteiger partial charge in [0.05, 0.1) is 29.0 Å². The minimum Gasteiger partial charge on any atom is -0.388 e. The summed E-state index contributed by atoms with van der Waals surface area (Å²) in [6, 6.07) is 9.35. The summed E-state index contributed by atoms with van der Waals surface area (Å²) in [4.78, 5) is 5.45. The molecule has 1 aromatic heterocycles. The molecule has 1 aromatic carbocycles. The van der Waals surface area contributed by atoms with Crippen molar-refractivity contribution in [3.63, 3.8) is 0 Å². The summed E-state index contributed by atoms with van der Waals surface area (Å²) < 4.78 is 2.02. The smallest absolute Gasteiger partial charge is 0.135 e. The fourth-order valence-electron chi connectivity index (χ4n) is 2.58. The second-order valence-corrected chi connectivity index (χ2v) is 6.53. The van der Waals surface area contributed by atoms with E-state index in [0.29, 0.717) is 22.9 Å². The Bertz CT molecular complexity index is 792. The topological polar surface area (TPSA) is 85.6 Å². The van der Waals surface area contributed by atoms with Gasteiger partial charge >= 0.3 is 0 Å². The van der Waals surface area contributed by atoms with Gasteiger partial charge in [0.25, 0.3) is 0 Å². The van der Waals surface area contributed by atoms with Gasteiger partial charge in [-0.2, -0.15) is 10.5 Å². The number of imidazole rings is 1. The molecule has 5 nitrogen and oxygen atoms in total. The average molecular weight is 324 g/mol. The van der Waals surface area contributed by atoms with Gasteiger partial charge in [0, 0.05) is 17.4 Å². The predicted octanol–water partition coefficient (Wildman–Crippen LogP) is 3.17. The van der Waals surface area contributed by atoms with E-state index in [-0.39, 0.29) is 6.61 Å². The normalized spacial score (nSPS) is 13.6. The summed E-state index contributed by atoms with van der Waals surface area (Å²) in [5.41, 5.74) is 1.98. The summed E-state index contributed by atoms with van der Waals surface area (Å²) in [7, 11) is 0. The first-order valence-electron chi connectivity index (χ1n) is 7.53. The minimum absolute atomic E-state index is 0.0875. The van der Waals surface area contributed by atoms with Gasteiger partial charge in [-0.1, -0.05) is 11.8 Å². The quantitative estimate of drug-likeness (QED) is 0.913. The number of hydrogen-bond donors (Lipinski definition) is 1. The summed E-state index contributed by atoms with van der Waals surface area (Å²) in [6.45, 7) is 2.66. The highest BCUT2D eigenvalue weighted by molar-refractivity contribution is 7.99. The lowest BCUT2D eigenvalue weighted by Gasteiger charge is -2.09. The number of nitriles is 2. The molecule has 0 amide bonds.